The van der Waals surface area contributed by atoms with Gasteiger partial charge in [0.25, 0.3) is 0 Å². The third kappa shape index (κ3) is 19.9. The molecule has 0 unspecified atom stereocenters. The molecule has 0 saturated carbocycles. The van der Waals surface area contributed by atoms with Crippen LogP contribution < -0.4 is 0 Å². The largest absolute Gasteiger partial charge is 0.487 e. The molecule has 0 aromatic rings. The number of rotatable bonds is 19. The summed E-state index contributed by atoms with van der Waals surface area (Å²) in [7, 11) is 0. The van der Waals surface area contributed by atoms with Crippen molar-refractivity contribution in [2.75, 3.05) is 6.61 Å². The third-order valence-electron chi connectivity index (χ3n) is 4.75. The molecule has 0 atom stereocenters. The van der Waals surface area contributed by atoms with Crippen molar-refractivity contribution in [3.05, 3.63) is 0 Å². The molecule has 0 fully saturated rings. The van der Waals surface area contributed by atoms with E-state index in [9.17, 15) is 0 Å². The molecule has 0 saturated heterocycles. The Bertz CT molecular complexity index is 252. The molecular weight excluding hydrogens is 312 g/mol. The van der Waals surface area contributed by atoms with Gasteiger partial charge in [-0.05, 0) is 25.1 Å². The van der Waals surface area contributed by atoms with E-state index in [-0.39, 0.29) is 0 Å². The van der Waals surface area contributed by atoms with Gasteiger partial charge in [0.05, 0.1) is 6.61 Å². The molecule has 0 bridgehead atoms. The van der Waals surface area contributed by atoms with Crippen LogP contribution in [-0.4, -0.2) is 11.7 Å². The van der Waals surface area contributed by atoms with Gasteiger partial charge in [0.2, 0.25) is 0 Å². The van der Waals surface area contributed by atoms with Crippen LogP contribution in [0.15, 0.2) is 0 Å². The third-order valence-corrected chi connectivity index (χ3v) is 5.07. The summed E-state index contributed by atoms with van der Waals surface area (Å²) < 4.78 is 5.65. The molecule has 0 radical (unpaired) electrons. The highest BCUT2D eigenvalue weighted by atomic mass is 32.1. The molecule has 0 heterocycles. The van der Waals surface area contributed by atoms with Gasteiger partial charge in [-0.2, -0.15) is 0 Å². The first kappa shape index (κ1) is 23.9. The SMILES string of the molecule is CCCCCCCCCCCCCCCOC(=S)CCCCCC. The lowest BCUT2D eigenvalue weighted by Crippen LogP contribution is -2.03. The normalized spacial score (nSPS) is 10.9. The molecule has 0 aliphatic rings. The van der Waals surface area contributed by atoms with Gasteiger partial charge in [-0.15, -0.1) is 0 Å². The van der Waals surface area contributed by atoms with E-state index < -0.39 is 0 Å². The van der Waals surface area contributed by atoms with Crippen molar-refractivity contribution in [2.45, 2.75) is 129 Å². The van der Waals surface area contributed by atoms with Crippen LogP contribution in [0.3, 0.4) is 0 Å². The van der Waals surface area contributed by atoms with E-state index in [1.54, 1.807) is 0 Å². The van der Waals surface area contributed by atoms with Gasteiger partial charge in [0.1, 0.15) is 0 Å². The monoisotopic (exact) mass is 356 g/mol. The van der Waals surface area contributed by atoms with Crippen LogP contribution in [-0.2, 0) is 4.74 Å². The van der Waals surface area contributed by atoms with Crippen molar-refractivity contribution in [1.82, 2.24) is 0 Å². The van der Waals surface area contributed by atoms with Crippen molar-refractivity contribution in [3.63, 3.8) is 0 Å². The zero-order valence-electron chi connectivity index (χ0n) is 16.8. The number of thiocarbonyl (C=S) groups is 1. The summed E-state index contributed by atoms with van der Waals surface area (Å²) in [5, 5.41) is 0.838. The number of ether oxygens (including phenoxy) is 1. The van der Waals surface area contributed by atoms with Crippen LogP contribution in [0.1, 0.15) is 129 Å². The minimum Gasteiger partial charge on any atom is -0.487 e. The summed E-state index contributed by atoms with van der Waals surface area (Å²) in [6.45, 7) is 5.36. The summed E-state index contributed by atoms with van der Waals surface area (Å²) in [6, 6.07) is 0. The van der Waals surface area contributed by atoms with Crippen LogP contribution in [0.25, 0.3) is 0 Å². The average molecular weight is 357 g/mol. The molecule has 0 aliphatic heterocycles. The Hall–Kier alpha value is -0.110. The lowest BCUT2D eigenvalue weighted by Gasteiger charge is -2.07. The molecule has 144 valence electrons. The Morgan fingerprint density at radius 2 is 0.917 bits per heavy atom. The first-order valence-corrected chi connectivity index (χ1v) is 11.4. The highest BCUT2D eigenvalue weighted by Gasteiger charge is 1.98. The standard InChI is InChI=1S/C22H44OS/c1-3-5-7-9-10-11-12-13-14-15-16-17-19-21-23-22(24)20-18-8-6-4-2/h3-21H2,1-2H3. The molecule has 0 aliphatic carbocycles. The fourth-order valence-corrected chi connectivity index (χ4v) is 3.30. The fraction of sp³-hybridized carbons (Fsp3) is 0.955. The molecule has 0 amide bonds. The summed E-state index contributed by atoms with van der Waals surface area (Å²) >= 11 is 5.27. The Kier molecular flexibility index (Phi) is 20.8. The summed E-state index contributed by atoms with van der Waals surface area (Å²) in [6.07, 6.45) is 24.2. The van der Waals surface area contributed by atoms with Crippen molar-refractivity contribution >= 4 is 17.3 Å². The summed E-state index contributed by atoms with van der Waals surface area (Å²) in [5.74, 6) is 0. The number of hydrogen-bond acceptors (Lipinski definition) is 2. The van der Waals surface area contributed by atoms with E-state index in [1.165, 1.54) is 109 Å². The smallest absolute Gasteiger partial charge is 0.159 e. The topological polar surface area (TPSA) is 9.23 Å². The van der Waals surface area contributed by atoms with E-state index in [0.717, 1.165) is 18.1 Å². The van der Waals surface area contributed by atoms with E-state index in [4.69, 9.17) is 17.0 Å². The minimum absolute atomic E-state index is 0.838. The highest BCUT2D eigenvalue weighted by molar-refractivity contribution is 7.80. The van der Waals surface area contributed by atoms with Crippen LogP contribution in [0.4, 0.5) is 0 Å². The Balaban J connectivity index is 3.08. The van der Waals surface area contributed by atoms with Crippen molar-refractivity contribution in [1.29, 1.82) is 0 Å². The van der Waals surface area contributed by atoms with Gasteiger partial charge in [0.15, 0.2) is 5.05 Å². The van der Waals surface area contributed by atoms with E-state index in [0.29, 0.717) is 0 Å². The summed E-state index contributed by atoms with van der Waals surface area (Å²) in [5.41, 5.74) is 0. The Morgan fingerprint density at radius 1 is 0.542 bits per heavy atom. The van der Waals surface area contributed by atoms with Crippen LogP contribution in [0.2, 0.25) is 0 Å². The Morgan fingerprint density at radius 3 is 1.38 bits per heavy atom. The maximum absolute atomic E-state index is 5.65. The van der Waals surface area contributed by atoms with Crippen LogP contribution in [0, 0.1) is 0 Å². The molecule has 0 aromatic heterocycles. The average Bonchev–Trinajstić information content (AvgIpc) is 2.59. The van der Waals surface area contributed by atoms with Crippen molar-refractivity contribution in [3.8, 4) is 0 Å². The number of unbranched alkanes of at least 4 members (excludes halogenated alkanes) is 15. The molecule has 0 aromatic carbocycles. The van der Waals surface area contributed by atoms with E-state index in [2.05, 4.69) is 13.8 Å². The molecule has 0 rings (SSSR count). The van der Waals surface area contributed by atoms with E-state index in [1.807, 2.05) is 0 Å². The Labute approximate surface area is 158 Å². The quantitative estimate of drug-likeness (QED) is 0.170. The zero-order chi connectivity index (χ0) is 17.7. The van der Waals surface area contributed by atoms with Gasteiger partial charge in [-0.3, -0.25) is 0 Å². The lowest BCUT2D eigenvalue weighted by atomic mass is 10.0. The zero-order valence-corrected chi connectivity index (χ0v) is 17.6. The van der Waals surface area contributed by atoms with Gasteiger partial charge in [-0.25, -0.2) is 0 Å². The molecule has 0 spiro atoms. The maximum atomic E-state index is 5.65. The van der Waals surface area contributed by atoms with E-state index >= 15 is 0 Å². The highest BCUT2D eigenvalue weighted by Crippen LogP contribution is 2.12. The second-order valence-corrected chi connectivity index (χ2v) is 7.73. The molecule has 0 N–H and O–H groups in total. The molecule has 1 nitrogen and oxygen atoms in total. The predicted molar refractivity (Wildman–Crippen MR) is 113 cm³/mol. The first-order valence-electron chi connectivity index (χ1n) is 11.0. The fourth-order valence-electron chi connectivity index (χ4n) is 3.07. The predicted octanol–water partition coefficient (Wildman–Crippen LogP) is 8.39. The molecule has 2 heteroatoms. The second kappa shape index (κ2) is 20.9. The second-order valence-electron chi connectivity index (χ2n) is 7.27. The molecule has 24 heavy (non-hydrogen) atoms. The van der Waals surface area contributed by atoms with Gasteiger partial charge in [0, 0.05) is 6.42 Å². The van der Waals surface area contributed by atoms with Crippen molar-refractivity contribution in [2.24, 2.45) is 0 Å². The van der Waals surface area contributed by atoms with Gasteiger partial charge < -0.3 is 4.74 Å². The van der Waals surface area contributed by atoms with Crippen LogP contribution in [0.5, 0.6) is 0 Å². The lowest BCUT2D eigenvalue weighted by molar-refractivity contribution is 0.290. The summed E-state index contributed by atoms with van der Waals surface area (Å²) in [4.78, 5) is 0. The maximum Gasteiger partial charge on any atom is 0.159 e. The first-order chi connectivity index (χ1) is 11.8. The van der Waals surface area contributed by atoms with Crippen LogP contribution >= 0.6 is 12.2 Å². The molecular formula is C22H44OS. The van der Waals surface area contributed by atoms with Gasteiger partial charge in [-0.1, -0.05) is 110 Å². The van der Waals surface area contributed by atoms with Crippen molar-refractivity contribution < 1.29 is 4.74 Å². The minimum atomic E-state index is 0.838. The number of hydrogen-bond donors (Lipinski definition) is 0. The van der Waals surface area contributed by atoms with Gasteiger partial charge >= 0.3 is 0 Å².